The van der Waals surface area contributed by atoms with Crippen molar-refractivity contribution in [3.8, 4) is 6.07 Å². The fraction of sp³-hybridized carbons (Fsp3) is 0.562. The molecule has 1 aromatic rings. The third-order valence-electron chi connectivity index (χ3n) is 4.28. The van der Waals surface area contributed by atoms with E-state index in [1.807, 2.05) is 0 Å². The highest BCUT2D eigenvalue weighted by atomic mass is 15.2. The van der Waals surface area contributed by atoms with Crippen molar-refractivity contribution in [2.45, 2.75) is 45.6 Å². The molecule has 1 fully saturated rings. The Morgan fingerprint density at radius 3 is 2.89 bits per heavy atom. The van der Waals surface area contributed by atoms with Crippen LogP contribution in [0.3, 0.4) is 0 Å². The predicted octanol–water partition coefficient (Wildman–Crippen LogP) is 3.90. The summed E-state index contributed by atoms with van der Waals surface area (Å²) in [4.78, 5) is 2.48. The molecule has 1 aromatic carbocycles. The maximum atomic E-state index is 8.98. The predicted molar refractivity (Wildman–Crippen MR) is 75.6 cm³/mol. The second-order valence-corrected chi connectivity index (χ2v) is 5.85. The quantitative estimate of drug-likeness (QED) is 0.786. The molecule has 1 saturated heterocycles. The summed E-state index contributed by atoms with van der Waals surface area (Å²) in [6, 6.07) is 11.0. The number of anilines is 1. The van der Waals surface area contributed by atoms with Crippen LogP contribution >= 0.6 is 0 Å². The standard InChI is InChI=1S/C16H22N2/c1-13-6-4-8-15(12-13)18-11-5-7-14(9-10-17)16(18,2)3/h4,6,8,12,14H,5,7,9,11H2,1-3H3. The molecular formula is C16H22N2. The third-order valence-corrected chi connectivity index (χ3v) is 4.28. The zero-order valence-corrected chi connectivity index (χ0v) is 11.6. The van der Waals surface area contributed by atoms with Gasteiger partial charge >= 0.3 is 0 Å². The van der Waals surface area contributed by atoms with E-state index in [0.29, 0.717) is 12.3 Å². The summed E-state index contributed by atoms with van der Waals surface area (Å²) >= 11 is 0. The number of rotatable bonds is 2. The summed E-state index contributed by atoms with van der Waals surface area (Å²) in [6.07, 6.45) is 3.02. The average molecular weight is 242 g/mol. The van der Waals surface area contributed by atoms with Gasteiger partial charge in [0.05, 0.1) is 6.07 Å². The Labute approximate surface area is 110 Å². The van der Waals surface area contributed by atoms with Crippen LogP contribution in [0.1, 0.15) is 38.7 Å². The lowest BCUT2D eigenvalue weighted by molar-refractivity contribution is 0.242. The fourth-order valence-corrected chi connectivity index (χ4v) is 3.08. The van der Waals surface area contributed by atoms with Crippen LogP contribution in [0, 0.1) is 24.2 Å². The number of hydrogen-bond acceptors (Lipinski definition) is 2. The fourth-order valence-electron chi connectivity index (χ4n) is 3.08. The first kappa shape index (κ1) is 13.0. The minimum atomic E-state index is 0.0712. The van der Waals surface area contributed by atoms with Gasteiger partial charge in [-0.15, -0.1) is 0 Å². The summed E-state index contributed by atoms with van der Waals surface area (Å²) in [7, 11) is 0. The molecule has 2 nitrogen and oxygen atoms in total. The van der Waals surface area contributed by atoms with E-state index in [0.717, 1.165) is 6.54 Å². The first-order chi connectivity index (χ1) is 8.55. The van der Waals surface area contributed by atoms with Gasteiger partial charge in [-0.3, -0.25) is 0 Å². The van der Waals surface area contributed by atoms with E-state index in [1.165, 1.54) is 24.1 Å². The Hall–Kier alpha value is -1.49. The minimum absolute atomic E-state index is 0.0712. The van der Waals surface area contributed by atoms with Gasteiger partial charge in [0.2, 0.25) is 0 Å². The molecule has 0 N–H and O–H groups in total. The normalized spacial score (nSPS) is 22.6. The molecule has 2 heteroatoms. The van der Waals surface area contributed by atoms with E-state index in [9.17, 15) is 0 Å². The highest BCUT2D eigenvalue weighted by Crippen LogP contribution is 2.38. The molecule has 1 aliphatic rings. The lowest BCUT2D eigenvalue weighted by Crippen LogP contribution is -2.53. The average Bonchev–Trinajstić information content (AvgIpc) is 2.31. The number of nitrogens with zero attached hydrogens (tertiary/aromatic N) is 2. The van der Waals surface area contributed by atoms with Crippen LogP contribution in [0.15, 0.2) is 24.3 Å². The van der Waals surface area contributed by atoms with Gasteiger partial charge in [-0.2, -0.15) is 5.26 Å². The van der Waals surface area contributed by atoms with Gasteiger partial charge in [0, 0.05) is 24.2 Å². The van der Waals surface area contributed by atoms with Crippen LogP contribution < -0.4 is 4.90 Å². The molecule has 0 spiro atoms. The first-order valence-electron chi connectivity index (χ1n) is 6.77. The molecule has 0 bridgehead atoms. The van der Waals surface area contributed by atoms with E-state index in [2.05, 4.69) is 56.0 Å². The summed E-state index contributed by atoms with van der Waals surface area (Å²) in [5.41, 5.74) is 2.66. The Bertz CT molecular complexity index is 456. The van der Waals surface area contributed by atoms with Crippen molar-refractivity contribution >= 4 is 5.69 Å². The molecule has 1 heterocycles. The SMILES string of the molecule is Cc1cccc(N2CCCC(CC#N)C2(C)C)c1. The summed E-state index contributed by atoms with van der Waals surface area (Å²) in [6.45, 7) is 7.78. The zero-order chi connectivity index (χ0) is 13.2. The second-order valence-electron chi connectivity index (χ2n) is 5.85. The van der Waals surface area contributed by atoms with Crippen molar-refractivity contribution in [1.29, 1.82) is 5.26 Å². The number of nitriles is 1. The van der Waals surface area contributed by atoms with E-state index >= 15 is 0 Å². The molecule has 1 atom stereocenters. The maximum Gasteiger partial charge on any atom is 0.0625 e. The Kier molecular flexibility index (Phi) is 3.61. The molecule has 1 aliphatic heterocycles. The lowest BCUT2D eigenvalue weighted by Gasteiger charge is -2.49. The van der Waals surface area contributed by atoms with Gasteiger partial charge in [0.1, 0.15) is 0 Å². The number of hydrogen-bond donors (Lipinski definition) is 0. The van der Waals surface area contributed by atoms with Crippen LogP contribution in [0.4, 0.5) is 5.69 Å². The zero-order valence-electron chi connectivity index (χ0n) is 11.6. The van der Waals surface area contributed by atoms with Gasteiger partial charge < -0.3 is 4.90 Å². The van der Waals surface area contributed by atoms with Gasteiger partial charge in [-0.25, -0.2) is 0 Å². The molecule has 0 amide bonds. The highest BCUT2D eigenvalue weighted by Gasteiger charge is 2.38. The van der Waals surface area contributed by atoms with Crippen molar-refractivity contribution in [2.75, 3.05) is 11.4 Å². The summed E-state index contributed by atoms with van der Waals surface area (Å²) < 4.78 is 0. The molecule has 18 heavy (non-hydrogen) atoms. The second kappa shape index (κ2) is 5.02. The molecule has 0 aliphatic carbocycles. The third kappa shape index (κ3) is 2.36. The minimum Gasteiger partial charge on any atom is -0.366 e. The largest absolute Gasteiger partial charge is 0.366 e. The van der Waals surface area contributed by atoms with Crippen molar-refractivity contribution in [3.63, 3.8) is 0 Å². The lowest BCUT2D eigenvalue weighted by atomic mass is 9.77. The van der Waals surface area contributed by atoms with Crippen LogP contribution in [-0.4, -0.2) is 12.1 Å². The summed E-state index contributed by atoms with van der Waals surface area (Å²) in [5, 5.41) is 8.98. The number of aryl methyl sites for hydroxylation is 1. The highest BCUT2D eigenvalue weighted by molar-refractivity contribution is 5.51. The Balaban J connectivity index is 2.30. The van der Waals surface area contributed by atoms with Crippen LogP contribution in [0.2, 0.25) is 0 Å². The van der Waals surface area contributed by atoms with E-state index < -0.39 is 0 Å². The molecule has 0 aromatic heterocycles. The molecular weight excluding hydrogens is 220 g/mol. The number of benzene rings is 1. The van der Waals surface area contributed by atoms with Crippen molar-refractivity contribution in [2.24, 2.45) is 5.92 Å². The van der Waals surface area contributed by atoms with Crippen LogP contribution in [-0.2, 0) is 0 Å². The molecule has 1 unspecified atom stereocenters. The van der Waals surface area contributed by atoms with Crippen LogP contribution in [0.25, 0.3) is 0 Å². The Morgan fingerprint density at radius 2 is 2.22 bits per heavy atom. The van der Waals surface area contributed by atoms with Crippen molar-refractivity contribution in [3.05, 3.63) is 29.8 Å². The molecule has 2 rings (SSSR count). The van der Waals surface area contributed by atoms with Crippen LogP contribution in [0.5, 0.6) is 0 Å². The number of piperidine rings is 1. The van der Waals surface area contributed by atoms with Crippen molar-refractivity contribution in [1.82, 2.24) is 0 Å². The van der Waals surface area contributed by atoms with E-state index in [1.54, 1.807) is 0 Å². The van der Waals surface area contributed by atoms with Gasteiger partial charge in [-0.1, -0.05) is 12.1 Å². The molecule has 0 radical (unpaired) electrons. The van der Waals surface area contributed by atoms with Gasteiger partial charge in [0.15, 0.2) is 0 Å². The molecule has 0 saturated carbocycles. The topological polar surface area (TPSA) is 27.0 Å². The maximum absolute atomic E-state index is 8.98. The Morgan fingerprint density at radius 1 is 1.44 bits per heavy atom. The monoisotopic (exact) mass is 242 g/mol. The molecule has 96 valence electrons. The summed E-state index contributed by atoms with van der Waals surface area (Å²) in [5.74, 6) is 0.469. The van der Waals surface area contributed by atoms with Crippen molar-refractivity contribution < 1.29 is 0 Å². The smallest absolute Gasteiger partial charge is 0.0625 e. The first-order valence-corrected chi connectivity index (χ1v) is 6.77. The van der Waals surface area contributed by atoms with E-state index in [4.69, 9.17) is 5.26 Å². The van der Waals surface area contributed by atoms with Gasteiger partial charge in [-0.05, 0) is 57.2 Å². The van der Waals surface area contributed by atoms with E-state index in [-0.39, 0.29) is 5.54 Å². The van der Waals surface area contributed by atoms with Gasteiger partial charge in [0.25, 0.3) is 0 Å².